The highest BCUT2D eigenvalue weighted by molar-refractivity contribution is 6.30. The molecule has 122 valence electrons. The summed E-state index contributed by atoms with van der Waals surface area (Å²) in [5, 5.41) is 10.3. The Kier molecular flexibility index (Phi) is 6.71. The lowest BCUT2D eigenvalue weighted by Gasteiger charge is -2.36. The number of hydrogen-bond donors (Lipinski definition) is 1. The van der Waals surface area contributed by atoms with E-state index in [0.717, 1.165) is 43.7 Å². The van der Waals surface area contributed by atoms with E-state index in [-0.39, 0.29) is 18.1 Å². The standard InChI is InChI=1S/C18H26ClNO2/c1-14(21)13-17-6-2-3-12-20(17)18(22)7-4-5-15-8-10-16(19)11-9-15/h8-11,14,17,21H,2-7,12-13H2,1H3/t14-,17+/m0/s1. The van der Waals surface area contributed by atoms with Gasteiger partial charge in [-0.05, 0) is 63.1 Å². The number of hydrogen-bond acceptors (Lipinski definition) is 2. The SMILES string of the molecule is C[C@H](O)C[C@H]1CCCCN1C(=O)CCCc1ccc(Cl)cc1. The molecule has 1 aromatic carbocycles. The fourth-order valence-corrected chi connectivity index (χ4v) is 3.33. The normalized spacial score (nSPS) is 20.0. The summed E-state index contributed by atoms with van der Waals surface area (Å²) in [5.74, 6) is 0.235. The molecule has 3 nitrogen and oxygen atoms in total. The number of carbonyl (C=O) groups excluding carboxylic acids is 1. The Balaban J connectivity index is 1.80. The van der Waals surface area contributed by atoms with E-state index in [4.69, 9.17) is 11.6 Å². The van der Waals surface area contributed by atoms with Crippen molar-refractivity contribution < 1.29 is 9.90 Å². The molecular weight excluding hydrogens is 298 g/mol. The van der Waals surface area contributed by atoms with Crippen molar-refractivity contribution in [2.75, 3.05) is 6.54 Å². The maximum atomic E-state index is 12.5. The Morgan fingerprint density at radius 3 is 2.77 bits per heavy atom. The molecule has 0 radical (unpaired) electrons. The third kappa shape index (κ3) is 5.29. The van der Waals surface area contributed by atoms with Crippen molar-refractivity contribution in [3.05, 3.63) is 34.9 Å². The number of aryl methyl sites for hydroxylation is 1. The second-order valence-electron chi connectivity index (χ2n) is 6.30. The lowest BCUT2D eigenvalue weighted by Crippen LogP contribution is -2.44. The van der Waals surface area contributed by atoms with E-state index in [0.29, 0.717) is 12.8 Å². The average molecular weight is 324 g/mol. The molecule has 0 bridgehead atoms. The first-order valence-corrected chi connectivity index (χ1v) is 8.66. The fraction of sp³-hybridized carbons (Fsp3) is 0.611. The zero-order valence-corrected chi connectivity index (χ0v) is 14.1. The van der Waals surface area contributed by atoms with Gasteiger partial charge < -0.3 is 10.0 Å². The number of carbonyl (C=O) groups is 1. The van der Waals surface area contributed by atoms with Crippen LogP contribution in [0.25, 0.3) is 0 Å². The minimum atomic E-state index is -0.340. The Hall–Kier alpha value is -1.06. The van der Waals surface area contributed by atoms with Gasteiger partial charge in [-0.3, -0.25) is 4.79 Å². The largest absolute Gasteiger partial charge is 0.393 e. The number of rotatable bonds is 6. The van der Waals surface area contributed by atoms with Gasteiger partial charge in [-0.15, -0.1) is 0 Å². The van der Waals surface area contributed by atoms with Gasteiger partial charge in [0.1, 0.15) is 0 Å². The molecule has 1 heterocycles. The number of benzene rings is 1. The molecule has 0 spiro atoms. The predicted octanol–water partition coefficient (Wildman–Crippen LogP) is 3.81. The topological polar surface area (TPSA) is 40.5 Å². The molecule has 0 saturated carbocycles. The van der Waals surface area contributed by atoms with Crippen molar-refractivity contribution in [3.63, 3.8) is 0 Å². The summed E-state index contributed by atoms with van der Waals surface area (Å²) < 4.78 is 0. The fourth-order valence-electron chi connectivity index (χ4n) is 3.21. The number of amides is 1. The van der Waals surface area contributed by atoms with Gasteiger partial charge in [0.15, 0.2) is 0 Å². The third-order valence-corrected chi connectivity index (χ3v) is 4.58. The van der Waals surface area contributed by atoms with E-state index in [2.05, 4.69) is 0 Å². The Bertz CT molecular complexity index is 472. The van der Waals surface area contributed by atoms with Crippen LogP contribution in [0.2, 0.25) is 5.02 Å². The van der Waals surface area contributed by atoms with E-state index in [1.165, 1.54) is 5.56 Å². The molecule has 1 aliphatic heterocycles. The molecule has 2 rings (SSSR count). The first-order chi connectivity index (χ1) is 10.6. The van der Waals surface area contributed by atoms with E-state index in [1.54, 1.807) is 6.92 Å². The van der Waals surface area contributed by atoms with Crippen LogP contribution in [0.5, 0.6) is 0 Å². The minimum Gasteiger partial charge on any atom is -0.393 e. The van der Waals surface area contributed by atoms with Gasteiger partial charge in [-0.1, -0.05) is 23.7 Å². The molecule has 4 heteroatoms. The van der Waals surface area contributed by atoms with Gasteiger partial charge in [-0.2, -0.15) is 0 Å². The lowest BCUT2D eigenvalue weighted by atomic mass is 9.96. The molecule has 2 atom stereocenters. The van der Waals surface area contributed by atoms with Crippen LogP contribution in [0.15, 0.2) is 24.3 Å². The molecule has 1 fully saturated rings. The monoisotopic (exact) mass is 323 g/mol. The van der Waals surface area contributed by atoms with Crippen molar-refractivity contribution in [1.29, 1.82) is 0 Å². The van der Waals surface area contributed by atoms with Crippen LogP contribution in [0, 0.1) is 0 Å². The molecule has 1 amide bonds. The van der Waals surface area contributed by atoms with Gasteiger partial charge in [0.2, 0.25) is 5.91 Å². The highest BCUT2D eigenvalue weighted by Gasteiger charge is 2.26. The Labute approximate surface area is 138 Å². The third-order valence-electron chi connectivity index (χ3n) is 4.33. The molecule has 1 N–H and O–H groups in total. The van der Waals surface area contributed by atoms with E-state index in [1.807, 2.05) is 29.2 Å². The van der Waals surface area contributed by atoms with Gasteiger partial charge in [0, 0.05) is 24.0 Å². The van der Waals surface area contributed by atoms with Crippen molar-refractivity contribution in [2.45, 2.75) is 64.0 Å². The lowest BCUT2D eigenvalue weighted by molar-refractivity contribution is -0.135. The van der Waals surface area contributed by atoms with Crippen LogP contribution in [0.1, 0.15) is 51.0 Å². The summed E-state index contributed by atoms with van der Waals surface area (Å²) >= 11 is 5.87. The van der Waals surface area contributed by atoms with Crippen molar-refractivity contribution in [1.82, 2.24) is 4.90 Å². The van der Waals surface area contributed by atoms with Crippen molar-refractivity contribution in [3.8, 4) is 0 Å². The Morgan fingerprint density at radius 2 is 2.09 bits per heavy atom. The summed E-state index contributed by atoms with van der Waals surface area (Å²) in [6.07, 6.45) is 5.96. The molecule has 0 unspecified atom stereocenters. The van der Waals surface area contributed by atoms with Crippen LogP contribution in [0.3, 0.4) is 0 Å². The number of aliphatic hydroxyl groups excluding tert-OH is 1. The summed E-state index contributed by atoms with van der Waals surface area (Å²) in [5.41, 5.74) is 1.22. The Morgan fingerprint density at radius 1 is 1.36 bits per heavy atom. The maximum Gasteiger partial charge on any atom is 0.222 e. The van der Waals surface area contributed by atoms with Crippen LogP contribution < -0.4 is 0 Å². The molecule has 22 heavy (non-hydrogen) atoms. The smallest absolute Gasteiger partial charge is 0.222 e. The van der Waals surface area contributed by atoms with E-state index < -0.39 is 0 Å². The van der Waals surface area contributed by atoms with E-state index in [9.17, 15) is 9.90 Å². The zero-order chi connectivity index (χ0) is 15.9. The van der Waals surface area contributed by atoms with Gasteiger partial charge in [0.05, 0.1) is 6.10 Å². The van der Waals surface area contributed by atoms with Crippen LogP contribution in [0.4, 0.5) is 0 Å². The van der Waals surface area contributed by atoms with Crippen LogP contribution in [-0.2, 0) is 11.2 Å². The van der Waals surface area contributed by atoms with Gasteiger partial charge in [0.25, 0.3) is 0 Å². The quantitative estimate of drug-likeness (QED) is 0.864. The van der Waals surface area contributed by atoms with Gasteiger partial charge in [-0.25, -0.2) is 0 Å². The molecule has 1 aromatic rings. The number of nitrogens with zero attached hydrogens (tertiary/aromatic N) is 1. The number of aliphatic hydroxyl groups is 1. The zero-order valence-electron chi connectivity index (χ0n) is 13.3. The second-order valence-corrected chi connectivity index (χ2v) is 6.74. The highest BCUT2D eigenvalue weighted by Crippen LogP contribution is 2.22. The summed E-state index contributed by atoms with van der Waals surface area (Å²) in [6, 6.07) is 8.04. The maximum absolute atomic E-state index is 12.5. The van der Waals surface area contributed by atoms with Crippen LogP contribution in [-0.4, -0.2) is 34.6 Å². The first kappa shape index (κ1) is 17.3. The molecule has 0 aliphatic carbocycles. The number of likely N-dealkylation sites (tertiary alicyclic amines) is 1. The summed E-state index contributed by atoms with van der Waals surface area (Å²) in [4.78, 5) is 14.5. The second kappa shape index (κ2) is 8.54. The molecule has 1 aliphatic rings. The molecule has 1 saturated heterocycles. The number of halogens is 1. The minimum absolute atomic E-state index is 0.219. The predicted molar refractivity (Wildman–Crippen MR) is 90.0 cm³/mol. The highest BCUT2D eigenvalue weighted by atomic mass is 35.5. The summed E-state index contributed by atoms with van der Waals surface area (Å²) in [7, 11) is 0. The van der Waals surface area contributed by atoms with Gasteiger partial charge >= 0.3 is 0 Å². The van der Waals surface area contributed by atoms with E-state index >= 15 is 0 Å². The number of piperidine rings is 1. The average Bonchev–Trinajstić information content (AvgIpc) is 2.49. The summed E-state index contributed by atoms with van der Waals surface area (Å²) in [6.45, 7) is 2.65. The molecular formula is C18H26ClNO2. The van der Waals surface area contributed by atoms with Crippen LogP contribution >= 0.6 is 11.6 Å². The van der Waals surface area contributed by atoms with Crippen molar-refractivity contribution >= 4 is 17.5 Å². The molecule has 0 aromatic heterocycles. The van der Waals surface area contributed by atoms with Crippen molar-refractivity contribution in [2.24, 2.45) is 0 Å². The first-order valence-electron chi connectivity index (χ1n) is 8.28.